The third-order valence-corrected chi connectivity index (χ3v) is 3.64. The molecular weight excluding hydrogens is 288 g/mol. The number of aryl methyl sites for hydroxylation is 1. The van der Waals surface area contributed by atoms with Gasteiger partial charge in [0.1, 0.15) is 18.2 Å². The average molecular weight is 304 g/mol. The molecule has 3 aromatic rings. The first kappa shape index (κ1) is 14.9. The molecule has 114 valence electrons. The molecule has 23 heavy (non-hydrogen) atoms. The fraction of sp³-hybridized carbons (Fsp3) is 0.158. The lowest BCUT2D eigenvalue weighted by Crippen LogP contribution is -2.09. The first-order valence-electron chi connectivity index (χ1n) is 7.41. The van der Waals surface area contributed by atoms with Crippen molar-refractivity contribution in [2.75, 3.05) is 6.61 Å². The smallest absolute Gasteiger partial charge is 0.259 e. The number of ether oxygens (including phenoxy) is 1. The molecule has 0 bridgehead atoms. The van der Waals surface area contributed by atoms with Crippen LogP contribution in [0.1, 0.15) is 12.5 Å². The molecule has 0 aliphatic carbocycles. The monoisotopic (exact) mass is 304 g/mol. The highest BCUT2D eigenvalue weighted by atomic mass is 16.5. The maximum absolute atomic E-state index is 12.2. The number of benzene rings is 2. The molecule has 0 saturated heterocycles. The van der Waals surface area contributed by atoms with Crippen LogP contribution in [0.25, 0.3) is 22.3 Å². The second-order valence-electron chi connectivity index (χ2n) is 5.10. The number of rotatable bonds is 4. The van der Waals surface area contributed by atoms with Gasteiger partial charge < -0.3 is 9.72 Å². The van der Waals surface area contributed by atoms with Gasteiger partial charge in [0.2, 0.25) is 0 Å². The highest BCUT2D eigenvalue weighted by Gasteiger charge is 2.09. The number of hydrogen-bond donors (Lipinski definition) is 1. The fourth-order valence-corrected chi connectivity index (χ4v) is 2.49. The van der Waals surface area contributed by atoms with Crippen LogP contribution in [0.15, 0.2) is 47.3 Å². The van der Waals surface area contributed by atoms with Crippen LogP contribution in [0.5, 0.6) is 5.75 Å². The summed E-state index contributed by atoms with van der Waals surface area (Å²) in [6.07, 6.45) is 6.03. The van der Waals surface area contributed by atoms with Crippen LogP contribution in [0.3, 0.4) is 0 Å². The summed E-state index contributed by atoms with van der Waals surface area (Å²) in [5, 5.41) is 0.584. The lowest BCUT2D eigenvalue weighted by atomic mass is 10.1. The summed E-state index contributed by atoms with van der Waals surface area (Å²) < 4.78 is 5.53. The number of fused-ring (bicyclic) bond motifs is 1. The van der Waals surface area contributed by atoms with Gasteiger partial charge >= 0.3 is 0 Å². The lowest BCUT2D eigenvalue weighted by molar-refractivity contribution is 0.366. The van der Waals surface area contributed by atoms with Crippen LogP contribution < -0.4 is 10.3 Å². The minimum Gasteiger partial charge on any atom is -0.481 e. The molecule has 0 saturated carbocycles. The van der Waals surface area contributed by atoms with Crippen LogP contribution >= 0.6 is 0 Å². The zero-order valence-corrected chi connectivity index (χ0v) is 12.8. The molecule has 4 nitrogen and oxygen atoms in total. The Morgan fingerprint density at radius 2 is 2.09 bits per heavy atom. The van der Waals surface area contributed by atoms with Gasteiger partial charge in [-0.25, -0.2) is 4.98 Å². The second-order valence-corrected chi connectivity index (χ2v) is 5.10. The molecule has 2 aromatic carbocycles. The molecule has 0 spiro atoms. The van der Waals surface area contributed by atoms with Gasteiger partial charge in [-0.3, -0.25) is 4.79 Å². The van der Waals surface area contributed by atoms with Gasteiger partial charge in [-0.05, 0) is 42.3 Å². The predicted molar refractivity (Wildman–Crippen MR) is 91.5 cm³/mol. The van der Waals surface area contributed by atoms with Crippen molar-refractivity contribution in [2.24, 2.45) is 0 Å². The summed E-state index contributed by atoms with van der Waals surface area (Å²) in [5.41, 5.74) is 2.40. The van der Waals surface area contributed by atoms with E-state index in [0.29, 0.717) is 16.7 Å². The molecule has 1 N–H and O–H groups in total. The third-order valence-electron chi connectivity index (χ3n) is 3.64. The van der Waals surface area contributed by atoms with Crippen molar-refractivity contribution < 1.29 is 4.74 Å². The number of H-pyrrole nitrogens is 1. The molecule has 0 fully saturated rings. The topological polar surface area (TPSA) is 55.0 Å². The number of para-hydroxylation sites is 1. The van der Waals surface area contributed by atoms with E-state index in [1.807, 2.05) is 43.3 Å². The van der Waals surface area contributed by atoms with E-state index < -0.39 is 0 Å². The molecule has 0 amide bonds. The van der Waals surface area contributed by atoms with E-state index in [0.717, 1.165) is 23.3 Å². The quantitative estimate of drug-likeness (QED) is 0.753. The van der Waals surface area contributed by atoms with Crippen molar-refractivity contribution in [2.45, 2.75) is 13.3 Å². The van der Waals surface area contributed by atoms with Gasteiger partial charge in [0.25, 0.3) is 5.56 Å². The van der Waals surface area contributed by atoms with Crippen molar-refractivity contribution in [1.82, 2.24) is 9.97 Å². The van der Waals surface area contributed by atoms with Crippen molar-refractivity contribution in [3.63, 3.8) is 0 Å². The summed E-state index contributed by atoms with van der Waals surface area (Å²) in [5.74, 6) is 3.77. The van der Waals surface area contributed by atoms with Gasteiger partial charge in [-0.15, -0.1) is 6.42 Å². The summed E-state index contributed by atoms with van der Waals surface area (Å²) in [6, 6.07) is 13.0. The predicted octanol–water partition coefficient (Wildman–Crippen LogP) is 3.16. The molecule has 0 aliphatic rings. The summed E-state index contributed by atoms with van der Waals surface area (Å²) in [4.78, 5) is 19.6. The van der Waals surface area contributed by atoms with E-state index in [2.05, 4.69) is 15.9 Å². The Morgan fingerprint density at radius 1 is 1.26 bits per heavy atom. The summed E-state index contributed by atoms with van der Waals surface area (Å²) in [6.45, 7) is 2.27. The highest BCUT2D eigenvalue weighted by molar-refractivity contribution is 5.79. The largest absolute Gasteiger partial charge is 0.481 e. The molecule has 1 aromatic heterocycles. The number of hydrogen-bond acceptors (Lipinski definition) is 3. The van der Waals surface area contributed by atoms with E-state index >= 15 is 0 Å². The van der Waals surface area contributed by atoms with E-state index in [-0.39, 0.29) is 12.2 Å². The molecule has 0 unspecified atom stereocenters. The Balaban J connectivity index is 2.08. The number of nitrogens with one attached hydrogen (secondary N) is 1. The maximum Gasteiger partial charge on any atom is 0.259 e. The van der Waals surface area contributed by atoms with Gasteiger partial charge in [-0.1, -0.05) is 25.0 Å². The number of terminal acetylenes is 1. The molecule has 1 heterocycles. The van der Waals surface area contributed by atoms with Crippen molar-refractivity contribution in [1.29, 1.82) is 0 Å². The zero-order valence-electron chi connectivity index (χ0n) is 12.8. The minimum atomic E-state index is -0.142. The number of aromatic nitrogens is 2. The Bertz CT molecular complexity index is 951. The van der Waals surface area contributed by atoms with Gasteiger partial charge in [0, 0.05) is 5.56 Å². The minimum absolute atomic E-state index is 0.142. The van der Waals surface area contributed by atoms with E-state index in [1.165, 1.54) is 0 Å². The van der Waals surface area contributed by atoms with E-state index in [4.69, 9.17) is 11.2 Å². The molecular formula is C19H16N2O2. The summed E-state index contributed by atoms with van der Waals surface area (Å²) >= 11 is 0. The highest BCUT2D eigenvalue weighted by Crippen LogP contribution is 2.25. The van der Waals surface area contributed by atoms with Crippen LogP contribution in [-0.4, -0.2) is 16.6 Å². The number of aromatic amines is 1. The first-order valence-corrected chi connectivity index (χ1v) is 7.41. The summed E-state index contributed by atoms with van der Waals surface area (Å²) in [7, 11) is 0. The molecule has 4 heteroatoms. The van der Waals surface area contributed by atoms with Gasteiger partial charge in [0.15, 0.2) is 0 Å². The Labute approximate surface area is 134 Å². The maximum atomic E-state index is 12.2. The van der Waals surface area contributed by atoms with Crippen LogP contribution in [0, 0.1) is 12.3 Å². The van der Waals surface area contributed by atoms with Crippen LogP contribution in [0.2, 0.25) is 0 Å². The normalized spacial score (nSPS) is 10.4. The zero-order chi connectivity index (χ0) is 16.2. The van der Waals surface area contributed by atoms with Crippen LogP contribution in [-0.2, 0) is 6.42 Å². The Hall–Kier alpha value is -3.06. The van der Waals surface area contributed by atoms with E-state index in [1.54, 1.807) is 6.07 Å². The molecule has 0 atom stereocenters. The lowest BCUT2D eigenvalue weighted by Gasteiger charge is -2.10. The second kappa shape index (κ2) is 6.37. The Kier molecular flexibility index (Phi) is 4.11. The van der Waals surface area contributed by atoms with Gasteiger partial charge in [0.05, 0.1) is 10.9 Å². The first-order chi connectivity index (χ1) is 11.2. The SMILES string of the molecule is C#CCOc1ccc(-c2nc3ccccc3c(=O)[nH]2)cc1CC. The van der Waals surface area contributed by atoms with Crippen molar-refractivity contribution in [3.8, 4) is 29.5 Å². The average Bonchev–Trinajstić information content (AvgIpc) is 2.59. The molecule has 0 radical (unpaired) electrons. The van der Waals surface area contributed by atoms with Crippen LogP contribution in [0.4, 0.5) is 0 Å². The molecule has 3 rings (SSSR count). The third kappa shape index (κ3) is 2.95. The fourth-order valence-electron chi connectivity index (χ4n) is 2.49. The van der Waals surface area contributed by atoms with Crippen molar-refractivity contribution in [3.05, 3.63) is 58.4 Å². The van der Waals surface area contributed by atoms with Gasteiger partial charge in [-0.2, -0.15) is 0 Å². The molecule has 0 aliphatic heterocycles. The standard InChI is InChI=1S/C19H16N2O2/c1-3-11-23-17-10-9-14(12-13(17)4-2)18-20-16-8-6-5-7-15(16)19(22)21-18/h1,5-10,12H,4,11H2,2H3,(H,20,21,22). The number of nitrogens with zero attached hydrogens (tertiary/aromatic N) is 1. The van der Waals surface area contributed by atoms with Crippen molar-refractivity contribution >= 4 is 10.9 Å². The Morgan fingerprint density at radius 3 is 2.87 bits per heavy atom. The van der Waals surface area contributed by atoms with E-state index in [9.17, 15) is 4.79 Å².